The maximum Gasteiger partial charge on any atom is 0.257 e. The predicted molar refractivity (Wildman–Crippen MR) is 116 cm³/mol. The van der Waals surface area contributed by atoms with Gasteiger partial charge in [-0.05, 0) is 41.8 Å². The van der Waals surface area contributed by atoms with Crippen LogP contribution in [0.15, 0.2) is 78.9 Å². The van der Waals surface area contributed by atoms with Crippen LogP contribution in [0.5, 0.6) is 5.75 Å². The number of phenols is 1. The normalized spacial score (nSPS) is 14.3. The molecule has 1 heterocycles. The zero-order valence-corrected chi connectivity index (χ0v) is 16.7. The molecule has 0 aliphatic carbocycles. The molecule has 0 radical (unpaired) electrons. The average molecular weight is 400 g/mol. The highest BCUT2D eigenvalue weighted by Crippen LogP contribution is 2.21. The van der Waals surface area contributed by atoms with E-state index >= 15 is 0 Å². The molecule has 152 valence electrons. The Morgan fingerprint density at radius 3 is 1.87 bits per heavy atom. The van der Waals surface area contributed by atoms with Gasteiger partial charge < -0.3 is 14.9 Å². The molecule has 0 spiro atoms. The summed E-state index contributed by atoms with van der Waals surface area (Å²) in [6, 6.07) is 24.3. The lowest BCUT2D eigenvalue weighted by atomic mass is 10.0. The van der Waals surface area contributed by atoms with Crippen molar-refractivity contribution in [3.05, 3.63) is 90.0 Å². The summed E-state index contributed by atoms with van der Waals surface area (Å²) in [5.41, 5.74) is 3.14. The first-order valence-corrected chi connectivity index (χ1v) is 10.2. The fourth-order valence-electron chi connectivity index (χ4n) is 3.77. The third-order valence-corrected chi connectivity index (χ3v) is 5.44. The highest BCUT2D eigenvalue weighted by Gasteiger charge is 2.24. The van der Waals surface area contributed by atoms with Crippen LogP contribution >= 0.6 is 0 Å². The minimum absolute atomic E-state index is 0.0156. The van der Waals surface area contributed by atoms with Gasteiger partial charge >= 0.3 is 0 Å². The quantitative estimate of drug-likeness (QED) is 0.722. The summed E-state index contributed by atoms with van der Waals surface area (Å²) in [5.74, 6) is -0.237. The minimum atomic E-state index is -0.199. The van der Waals surface area contributed by atoms with Crippen LogP contribution in [0.2, 0.25) is 0 Å². The number of carbonyl (C=O) groups excluding carboxylic acids is 2. The Hall–Kier alpha value is -3.60. The maximum absolute atomic E-state index is 13.0. The van der Waals surface area contributed by atoms with Crippen LogP contribution in [0.4, 0.5) is 0 Å². The van der Waals surface area contributed by atoms with Gasteiger partial charge in [-0.3, -0.25) is 9.59 Å². The van der Waals surface area contributed by atoms with Crippen LogP contribution in [0.3, 0.4) is 0 Å². The molecule has 1 aliphatic rings. The van der Waals surface area contributed by atoms with Crippen molar-refractivity contribution < 1.29 is 14.7 Å². The molecule has 5 heteroatoms. The fourth-order valence-corrected chi connectivity index (χ4v) is 3.77. The number of nitrogens with zero attached hydrogens (tertiary/aromatic N) is 2. The molecule has 3 aromatic carbocycles. The molecular formula is C25H24N2O3. The molecule has 30 heavy (non-hydrogen) atoms. The van der Waals surface area contributed by atoms with E-state index in [9.17, 15) is 14.7 Å². The second-order valence-electron chi connectivity index (χ2n) is 7.40. The van der Waals surface area contributed by atoms with Crippen molar-refractivity contribution >= 4 is 11.8 Å². The van der Waals surface area contributed by atoms with Crippen molar-refractivity contribution in [2.75, 3.05) is 26.2 Å². The second-order valence-corrected chi connectivity index (χ2v) is 7.40. The summed E-state index contributed by atoms with van der Waals surface area (Å²) >= 11 is 0. The van der Waals surface area contributed by atoms with Gasteiger partial charge in [-0.15, -0.1) is 0 Å². The van der Waals surface area contributed by atoms with Crippen LogP contribution in [0.1, 0.15) is 27.1 Å². The summed E-state index contributed by atoms with van der Waals surface area (Å²) < 4.78 is 0. The largest absolute Gasteiger partial charge is 0.507 e. The van der Waals surface area contributed by atoms with Crippen LogP contribution in [-0.4, -0.2) is 52.9 Å². The number of aromatic hydroxyl groups is 1. The van der Waals surface area contributed by atoms with Crippen molar-refractivity contribution in [1.82, 2.24) is 9.80 Å². The van der Waals surface area contributed by atoms with Crippen molar-refractivity contribution in [3.63, 3.8) is 0 Å². The monoisotopic (exact) mass is 400 g/mol. The topological polar surface area (TPSA) is 60.9 Å². The van der Waals surface area contributed by atoms with Crippen LogP contribution in [-0.2, 0) is 0 Å². The maximum atomic E-state index is 13.0. The highest BCUT2D eigenvalue weighted by atomic mass is 16.3. The van der Waals surface area contributed by atoms with Gasteiger partial charge in [0.25, 0.3) is 11.8 Å². The van der Waals surface area contributed by atoms with Gasteiger partial charge in [-0.1, -0.05) is 54.6 Å². The van der Waals surface area contributed by atoms with Gasteiger partial charge in [-0.2, -0.15) is 0 Å². The van der Waals surface area contributed by atoms with Gasteiger partial charge in [0.15, 0.2) is 0 Å². The van der Waals surface area contributed by atoms with Gasteiger partial charge in [0.1, 0.15) is 5.75 Å². The zero-order chi connectivity index (χ0) is 20.9. The Balaban J connectivity index is 1.42. The van der Waals surface area contributed by atoms with Crippen LogP contribution in [0, 0.1) is 0 Å². The van der Waals surface area contributed by atoms with Crippen molar-refractivity contribution in [2.24, 2.45) is 0 Å². The molecule has 1 aliphatic heterocycles. The molecular weight excluding hydrogens is 376 g/mol. The molecule has 1 fully saturated rings. The molecule has 3 aromatic rings. The SMILES string of the molecule is O=C(c1ccc(-c2ccccc2)cc1)N1CCCN(C(=O)c2ccccc2O)CC1. The van der Waals surface area contributed by atoms with Crippen LogP contribution in [0.25, 0.3) is 11.1 Å². The summed E-state index contributed by atoms with van der Waals surface area (Å²) in [6.07, 6.45) is 0.702. The molecule has 0 saturated carbocycles. The van der Waals surface area contributed by atoms with E-state index < -0.39 is 0 Å². The van der Waals surface area contributed by atoms with E-state index in [0.717, 1.165) is 11.1 Å². The molecule has 0 aromatic heterocycles. The van der Waals surface area contributed by atoms with E-state index in [1.54, 1.807) is 28.0 Å². The van der Waals surface area contributed by atoms with Gasteiger partial charge in [0.2, 0.25) is 0 Å². The number of amides is 2. The number of rotatable bonds is 3. The molecule has 1 saturated heterocycles. The third-order valence-electron chi connectivity index (χ3n) is 5.44. The standard InChI is InChI=1S/C25H24N2O3/c28-23-10-5-4-9-22(23)25(30)27-16-6-15-26(17-18-27)24(29)21-13-11-20(12-14-21)19-7-2-1-3-8-19/h1-5,7-14,28H,6,15-18H2. The molecule has 5 nitrogen and oxygen atoms in total. The number of carbonyl (C=O) groups is 2. The van der Waals surface area contributed by atoms with Crippen molar-refractivity contribution in [3.8, 4) is 16.9 Å². The Morgan fingerprint density at radius 2 is 1.20 bits per heavy atom. The lowest BCUT2D eigenvalue weighted by Crippen LogP contribution is -2.37. The lowest BCUT2D eigenvalue weighted by Gasteiger charge is -2.22. The molecule has 1 N–H and O–H groups in total. The van der Waals surface area contributed by atoms with Crippen molar-refractivity contribution in [1.29, 1.82) is 0 Å². The Morgan fingerprint density at radius 1 is 0.633 bits per heavy atom. The van der Waals surface area contributed by atoms with Gasteiger partial charge in [0.05, 0.1) is 5.56 Å². The Bertz CT molecular complexity index is 1030. The van der Waals surface area contributed by atoms with Crippen LogP contribution < -0.4 is 0 Å². The number of hydrogen-bond acceptors (Lipinski definition) is 3. The van der Waals surface area contributed by atoms with E-state index in [1.165, 1.54) is 6.07 Å². The fraction of sp³-hybridized carbons (Fsp3) is 0.200. The van der Waals surface area contributed by atoms with Gasteiger partial charge in [-0.25, -0.2) is 0 Å². The molecule has 0 unspecified atom stereocenters. The molecule has 0 atom stereocenters. The lowest BCUT2D eigenvalue weighted by molar-refractivity contribution is 0.0717. The number of benzene rings is 3. The smallest absolute Gasteiger partial charge is 0.257 e. The van der Waals surface area contributed by atoms with E-state index in [2.05, 4.69) is 0 Å². The molecule has 2 amide bonds. The van der Waals surface area contributed by atoms with E-state index in [1.807, 2.05) is 54.6 Å². The van der Waals surface area contributed by atoms with Gasteiger partial charge in [0, 0.05) is 31.7 Å². The summed E-state index contributed by atoms with van der Waals surface area (Å²) in [4.78, 5) is 29.2. The summed E-state index contributed by atoms with van der Waals surface area (Å²) in [7, 11) is 0. The molecule has 4 rings (SSSR count). The minimum Gasteiger partial charge on any atom is -0.507 e. The third kappa shape index (κ3) is 4.20. The number of hydrogen-bond donors (Lipinski definition) is 1. The highest BCUT2D eigenvalue weighted by molar-refractivity contribution is 5.97. The zero-order valence-electron chi connectivity index (χ0n) is 16.7. The Kier molecular flexibility index (Phi) is 5.80. The second kappa shape index (κ2) is 8.82. The predicted octanol–water partition coefficient (Wildman–Crippen LogP) is 4.05. The van der Waals surface area contributed by atoms with E-state index in [-0.39, 0.29) is 17.6 Å². The number of phenolic OH excluding ortho intramolecular Hbond substituents is 1. The first kappa shape index (κ1) is 19.7. The average Bonchev–Trinajstić information content (AvgIpc) is 3.06. The first-order chi connectivity index (χ1) is 14.6. The molecule has 0 bridgehead atoms. The summed E-state index contributed by atoms with van der Waals surface area (Å²) in [6.45, 7) is 2.08. The summed E-state index contributed by atoms with van der Waals surface area (Å²) in [5, 5.41) is 9.96. The first-order valence-electron chi connectivity index (χ1n) is 10.2. The van der Waals surface area contributed by atoms with E-state index in [4.69, 9.17) is 0 Å². The Labute approximate surface area is 176 Å². The number of para-hydroxylation sites is 1. The van der Waals surface area contributed by atoms with Crippen molar-refractivity contribution in [2.45, 2.75) is 6.42 Å². The van der Waals surface area contributed by atoms with E-state index in [0.29, 0.717) is 43.7 Å².